The predicted molar refractivity (Wildman–Crippen MR) is 123 cm³/mol. The van der Waals surface area contributed by atoms with Crippen LogP contribution in [0.25, 0.3) is 27.7 Å². The summed E-state index contributed by atoms with van der Waals surface area (Å²) >= 11 is 0. The Kier molecular flexibility index (Phi) is 5.38. The molecule has 0 saturated heterocycles. The number of hydrogen-bond acceptors (Lipinski definition) is 5. The number of nitrogens with zero attached hydrogens (tertiary/aromatic N) is 2. The Hall–Kier alpha value is -3.81. The molecule has 2 aromatic heterocycles. The van der Waals surface area contributed by atoms with Gasteiger partial charge in [0, 0.05) is 17.5 Å². The normalized spacial score (nSPS) is 11.7. The summed E-state index contributed by atoms with van der Waals surface area (Å²) in [6.45, 7) is 7.77. The summed E-state index contributed by atoms with van der Waals surface area (Å²) in [4.78, 5) is 24.4. The third-order valence-electron chi connectivity index (χ3n) is 5.10. The van der Waals surface area contributed by atoms with E-state index in [1.165, 1.54) is 0 Å². The molecule has 2 heterocycles. The molecule has 0 radical (unpaired) electrons. The van der Waals surface area contributed by atoms with Gasteiger partial charge in [0.05, 0.1) is 12.6 Å². The fourth-order valence-corrected chi connectivity index (χ4v) is 3.71. The molecular weight excluding hydrogens is 408 g/mol. The zero-order chi connectivity index (χ0) is 23.0. The Morgan fingerprint density at radius 1 is 1.19 bits per heavy atom. The Balaban J connectivity index is 1.75. The zero-order valence-electron chi connectivity index (χ0n) is 18.8. The summed E-state index contributed by atoms with van der Waals surface area (Å²) in [6, 6.07) is 13.5. The average Bonchev–Trinajstić information content (AvgIpc) is 3.11. The second kappa shape index (κ2) is 8.03. The van der Waals surface area contributed by atoms with Gasteiger partial charge in [-0.15, -0.1) is 0 Å². The van der Waals surface area contributed by atoms with Crippen LogP contribution in [0.1, 0.15) is 31.9 Å². The number of methoxy groups -OCH3 is 1. The Morgan fingerprint density at radius 3 is 2.69 bits per heavy atom. The van der Waals surface area contributed by atoms with Crippen molar-refractivity contribution in [2.45, 2.75) is 39.8 Å². The van der Waals surface area contributed by atoms with Gasteiger partial charge in [-0.2, -0.15) is 5.10 Å². The van der Waals surface area contributed by atoms with Crippen molar-refractivity contribution in [2.24, 2.45) is 0 Å². The lowest BCUT2D eigenvalue weighted by atomic mass is 9.99. The number of rotatable bonds is 4. The second-order valence-electron chi connectivity index (χ2n) is 8.68. The van der Waals surface area contributed by atoms with Gasteiger partial charge in [0.25, 0.3) is 0 Å². The molecule has 4 aromatic rings. The van der Waals surface area contributed by atoms with Crippen molar-refractivity contribution in [1.82, 2.24) is 19.9 Å². The number of amides is 1. The second-order valence-corrected chi connectivity index (χ2v) is 8.68. The minimum atomic E-state index is -0.557. The van der Waals surface area contributed by atoms with Crippen LogP contribution in [-0.2, 0) is 11.3 Å². The van der Waals surface area contributed by atoms with Crippen LogP contribution in [0.5, 0.6) is 5.75 Å². The SMILES string of the molecule is COc1cc2c(C)cc3n[nH]c(=O)n3c2cc1-c1cccc(CNC(=O)OC(C)(C)C)c1. The zero-order valence-corrected chi connectivity index (χ0v) is 18.8. The molecule has 0 fully saturated rings. The number of alkyl carbamates (subject to hydrolysis) is 1. The summed E-state index contributed by atoms with van der Waals surface area (Å²) in [5, 5.41) is 10.3. The number of fused-ring (bicyclic) bond motifs is 3. The number of pyridine rings is 1. The molecule has 8 nitrogen and oxygen atoms in total. The van der Waals surface area contributed by atoms with E-state index in [0.29, 0.717) is 17.9 Å². The van der Waals surface area contributed by atoms with Crippen LogP contribution in [0.3, 0.4) is 0 Å². The first-order chi connectivity index (χ1) is 15.2. The summed E-state index contributed by atoms with van der Waals surface area (Å²) in [5.74, 6) is 0.689. The van der Waals surface area contributed by atoms with E-state index in [1.807, 2.05) is 70.2 Å². The van der Waals surface area contributed by atoms with Gasteiger partial charge >= 0.3 is 11.8 Å². The van der Waals surface area contributed by atoms with Crippen LogP contribution in [-0.4, -0.2) is 33.4 Å². The van der Waals surface area contributed by atoms with Gasteiger partial charge in [0.2, 0.25) is 0 Å². The number of ether oxygens (including phenoxy) is 2. The van der Waals surface area contributed by atoms with Gasteiger partial charge in [-0.3, -0.25) is 0 Å². The van der Waals surface area contributed by atoms with Gasteiger partial charge in [-0.25, -0.2) is 19.1 Å². The molecule has 2 N–H and O–H groups in total. The van der Waals surface area contributed by atoms with E-state index in [0.717, 1.165) is 33.2 Å². The summed E-state index contributed by atoms with van der Waals surface area (Å²) in [6.07, 6.45) is -0.469. The summed E-state index contributed by atoms with van der Waals surface area (Å²) in [7, 11) is 1.62. The van der Waals surface area contributed by atoms with Crippen molar-refractivity contribution in [2.75, 3.05) is 7.11 Å². The van der Waals surface area contributed by atoms with Crippen molar-refractivity contribution in [3.63, 3.8) is 0 Å². The topological polar surface area (TPSA) is 97.7 Å². The van der Waals surface area contributed by atoms with Crippen molar-refractivity contribution < 1.29 is 14.3 Å². The van der Waals surface area contributed by atoms with Gasteiger partial charge in [-0.05, 0) is 68.7 Å². The number of hydrogen-bond donors (Lipinski definition) is 2. The number of aromatic nitrogens is 3. The lowest BCUT2D eigenvalue weighted by Gasteiger charge is -2.19. The van der Waals surface area contributed by atoms with Crippen molar-refractivity contribution in [1.29, 1.82) is 0 Å². The predicted octanol–water partition coefficient (Wildman–Crippen LogP) is 4.18. The molecule has 1 amide bonds. The van der Waals surface area contributed by atoms with E-state index in [-0.39, 0.29) is 5.69 Å². The highest BCUT2D eigenvalue weighted by molar-refractivity contribution is 5.92. The molecular formula is C24H26N4O4. The van der Waals surface area contributed by atoms with Crippen LogP contribution in [0.15, 0.2) is 47.3 Å². The third kappa shape index (κ3) is 4.16. The maximum atomic E-state index is 12.4. The molecule has 4 rings (SSSR count). The number of carbonyl (C=O) groups excluding carboxylic acids is 1. The van der Waals surface area contributed by atoms with Crippen LogP contribution in [0.2, 0.25) is 0 Å². The molecule has 32 heavy (non-hydrogen) atoms. The van der Waals surface area contributed by atoms with Crippen molar-refractivity contribution in [3.05, 3.63) is 64.1 Å². The molecule has 8 heteroatoms. The number of H-pyrrole nitrogens is 1. The first-order valence-electron chi connectivity index (χ1n) is 10.3. The lowest BCUT2D eigenvalue weighted by Crippen LogP contribution is -2.32. The van der Waals surface area contributed by atoms with Gasteiger partial charge in [0.15, 0.2) is 5.65 Å². The Labute approximate surface area is 185 Å². The average molecular weight is 434 g/mol. The van der Waals surface area contributed by atoms with Gasteiger partial charge in [-0.1, -0.05) is 18.2 Å². The van der Waals surface area contributed by atoms with Gasteiger partial charge in [0.1, 0.15) is 11.4 Å². The van der Waals surface area contributed by atoms with Crippen molar-refractivity contribution >= 4 is 22.6 Å². The third-order valence-corrected chi connectivity index (χ3v) is 5.10. The number of aromatic amines is 1. The van der Waals surface area contributed by atoms with Crippen LogP contribution in [0.4, 0.5) is 4.79 Å². The minimum absolute atomic E-state index is 0.295. The van der Waals surface area contributed by atoms with Crippen LogP contribution in [0, 0.1) is 6.92 Å². The van der Waals surface area contributed by atoms with E-state index in [9.17, 15) is 9.59 Å². The fraction of sp³-hybridized carbons (Fsp3) is 0.292. The van der Waals surface area contributed by atoms with E-state index in [4.69, 9.17) is 9.47 Å². The maximum absolute atomic E-state index is 12.4. The molecule has 0 aliphatic heterocycles. The smallest absolute Gasteiger partial charge is 0.407 e. The highest BCUT2D eigenvalue weighted by Gasteiger charge is 2.17. The summed E-state index contributed by atoms with van der Waals surface area (Å²) in [5.41, 5.74) is 4.09. The Bertz CT molecular complexity index is 1380. The van der Waals surface area contributed by atoms with Crippen LogP contribution < -0.4 is 15.7 Å². The van der Waals surface area contributed by atoms with Crippen molar-refractivity contribution in [3.8, 4) is 16.9 Å². The standard InChI is InChI=1S/C24H26N4O4/c1-14-9-21-26-27-22(29)28(21)19-11-18(20(31-5)12-17(14)19)16-8-6-7-15(10-16)13-25-23(30)32-24(2,3)4/h6-12H,13H2,1-5H3,(H,25,30)(H,27,29). The molecule has 0 unspecified atom stereocenters. The minimum Gasteiger partial charge on any atom is -0.496 e. The molecule has 0 atom stereocenters. The largest absolute Gasteiger partial charge is 0.496 e. The lowest BCUT2D eigenvalue weighted by molar-refractivity contribution is 0.0523. The summed E-state index contributed by atoms with van der Waals surface area (Å²) < 4.78 is 12.5. The maximum Gasteiger partial charge on any atom is 0.407 e. The van der Waals surface area contributed by atoms with Crippen LogP contribution >= 0.6 is 0 Å². The molecule has 0 saturated carbocycles. The molecule has 166 valence electrons. The van der Waals surface area contributed by atoms with E-state index >= 15 is 0 Å². The first kappa shape index (κ1) is 21.4. The number of benzene rings is 2. The molecule has 0 bridgehead atoms. The quantitative estimate of drug-likeness (QED) is 0.502. The van der Waals surface area contributed by atoms with Gasteiger partial charge < -0.3 is 14.8 Å². The fourth-order valence-electron chi connectivity index (χ4n) is 3.71. The monoisotopic (exact) mass is 434 g/mol. The highest BCUT2D eigenvalue weighted by Crippen LogP contribution is 2.35. The molecule has 2 aromatic carbocycles. The number of aryl methyl sites for hydroxylation is 1. The molecule has 0 aliphatic carbocycles. The van der Waals surface area contributed by atoms with E-state index in [1.54, 1.807) is 11.5 Å². The number of nitrogens with one attached hydrogen (secondary N) is 2. The molecule has 0 spiro atoms. The van der Waals surface area contributed by atoms with E-state index in [2.05, 4.69) is 15.5 Å². The Morgan fingerprint density at radius 2 is 1.97 bits per heavy atom. The van der Waals surface area contributed by atoms with E-state index < -0.39 is 11.7 Å². The molecule has 0 aliphatic rings. The first-order valence-corrected chi connectivity index (χ1v) is 10.3. The number of carbonyl (C=O) groups is 1. The highest BCUT2D eigenvalue weighted by atomic mass is 16.6.